The molecule has 0 heterocycles. The zero-order valence-electron chi connectivity index (χ0n) is 16.1. The number of rotatable bonds is 18. The van der Waals surface area contributed by atoms with Crippen LogP contribution in [0.4, 0.5) is 0 Å². The molecule has 0 spiro atoms. The van der Waals surface area contributed by atoms with Gasteiger partial charge in [-0.3, -0.25) is 14.5 Å². The molecule has 0 unspecified atom stereocenters. The Labute approximate surface area is 159 Å². The van der Waals surface area contributed by atoms with Gasteiger partial charge in [-0.05, 0) is 19.4 Å². The molecular formula is C16H30N4O7. The number of azide groups is 1. The van der Waals surface area contributed by atoms with Crippen molar-refractivity contribution in [1.82, 2.24) is 4.90 Å². The van der Waals surface area contributed by atoms with Crippen molar-refractivity contribution in [3.05, 3.63) is 10.4 Å². The second-order valence-electron chi connectivity index (χ2n) is 5.11. The van der Waals surface area contributed by atoms with Crippen LogP contribution in [0, 0.1) is 0 Å². The highest BCUT2D eigenvalue weighted by molar-refractivity contribution is 5.75. The summed E-state index contributed by atoms with van der Waals surface area (Å²) in [5, 5.41) is 3.34. The van der Waals surface area contributed by atoms with Gasteiger partial charge < -0.3 is 23.7 Å². The lowest BCUT2D eigenvalue weighted by Gasteiger charge is -2.20. The molecule has 0 radical (unpaired) electrons. The molecule has 0 bridgehead atoms. The quantitative estimate of drug-likeness (QED) is 0.110. The topological polar surface area (TPSA) is 132 Å². The van der Waals surface area contributed by atoms with Crippen LogP contribution in [0.25, 0.3) is 10.4 Å². The Hall–Kier alpha value is -1.91. The number of carbonyl (C=O) groups excluding carboxylic acids is 2. The van der Waals surface area contributed by atoms with E-state index in [1.165, 1.54) is 0 Å². The van der Waals surface area contributed by atoms with Gasteiger partial charge in [-0.1, -0.05) is 5.11 Å². The van der Waals surface area contributed by atoms with Gasteiger partial charge in [-0.15, -0.1) is 0 Å². The number of hydrogen-bond donors (Lipinski definition) is 0. The van der Waals surface area contributed by atoms with Crippen molar-refractivity contribution in [3.63, 3.8) is 0 Å². The van der Waals surface area contributed by atoms with Crippen LogP contribution >= 0.6 is 0 Å². The fraction of sp³-hybridized carbons (Fsp3) is 0.875. The molecule has 0 aromatic heterocycles. The van der Waals surface area contributed by atoms with Crippen LogP contribution in [0.15, 0.2) is 5.11 Å². The predicted octanol–water partition coefficient (Wildman–Crippen LogP) is 0.775. The monoisotopic (exact) mass is 390 g/mol. The summed E-state index contributed by atoms with van der Waals surface area (Å²) in [7, 11) is 0. The maximum absolute atomic E-state index is 11.6. The van der Waals surface area contributed by atoms with Gasteiger partial charge in [0.2, 0.25) is 0 Å². The third-order valence-electron chi connectivity index (χ3n) is 3.01. The third-order valence-corrected chi connectivity index (χ3v) is 3.01. The molecule has 0 saturated carbocycles. The average Bonchev–Trinajstić information content (AvgIpc) is 2.62. The minimum atomic E-state index is -0.398. The van der Waals surface area contributed by atoms with E-state index in [0.29, 0.717) is 52.7 Å². The lowest BCUT2D eigenvalue weighted by molar-refractivity contribution is -0.148. The summed E-state index contributed by atoms with van der Waals surface area (Å²) < 4.78 is 25.7. The van der Waals surface area contributed by atoms with Gasteiger partial charge in [0.1, 0.15) is 0 Å². The van der Waals surface area contributed by atoms with Crippen molar-refractivity contribution in [3.8, 4) is 0 Å². The maximum Gasteiger partial charge on any atom is 0.320 e. The first kappa shape index (κ1) is 25.1. The summed E-state index contributed by atoms with van der Waals surface area (Å²) in [6.45, 7) is 7.01. The lowest BCUT2D eigenvalue weighted by Crippen LogP contribution is -2.38. The van der Waals surface area contributed by atoms with E-state index >= 15 is 0 Å². The van der Waals surface area contributed by atoms with Gasteiger partial charge in [0.05, 0.1) is 65.9 Å². The fourth-order valence-electron chi connectivity index (χ4n) is 1.88. The second kappa shape index (κ2) is 18.9. The number of hydrogen-bond acceptors (Lipinski definition) is 9. The van der Waals surface area contributed by atoms with Crippen molar-refractivity contribution >= 4 is 11.9 Å². The van der Waals surface area contributed by atoms with Crippen LogP contribution in [0.2, 0.25) is 0 Å². The van der Waals surface area contributed by atoms with Crippen molar-refractivity contribution in [1.29, 1.82) is 0 Å². The Morgan fingerprint density at radius 3 is 1.81 bits per heavy atom. The summed E-state index contributed by atoms with van der Waals surface area (Å²) in [6.07, 6.45) is 0. The normalized spacial score (nSPS) is 10.5. The molecule has 0 fully saturated rings. The summed E-state index contributed by atoms with van der Waals surface area (Å²) in [5.41, 5.74) is 8.09. The Morgan fingerprint density at radius 2 is 1.33 bits per heavy atom. The minimum absolute atomic E-state index is 0.000298. The fourth-order valence-corrected chi connectivity index (χ4v) is 1.88. The summed E-state index contributed by atoms with van der Waals surface area (Å²) in [5.74, 6) is -0.795. The van der Waals surface area contributed by atoms with E-state index in [9.17, 15) is 9.59 Å². The average molecular weight is 390 g/mol. The van der Waals surface area contributed by atoms with E-state index in [-0.39, 0.29) is 26.3 Å². The molecular weight excluding hydrogens is 360 g/mol. The molecule has 0 saturated heterocycles. The molecule has 0 aliphatic rings. The zero-order valence-corrected chi connectivity index (χ0v) is 16.1. The third kappa shape index (κ3) is 17.3. The Balaban J connectivity index is 3.80. The van der Waals surface area contributed by atoms with Gasteiger partial charge in [0, 0.05) is 18.0 Å². The predicted molar refractivity (Wildman–Crippen MR) is 96.2 cm³/mol. The van der Waals surface area contributed by atoms with E-state index in [4.69, 9.17) is 29.2 Å². The molecule has 0 aliphatic carbocycles. The molecule has 0 atom stereocenters. The van der Waals surface area contributed by atoms with Crippen LogP contribution in [0.3, 0.4) is 0 Å². The van der Waals surface area contributed by atoms with E-state index in [2.05, 4.69) is 10.0 Å². The molecule has 0 rings (SSSR count). The first-order chi connectivity index (χ1) is 13.1. The van der Waals surface area contributed by atoms with Gasteiger partial charge in [0.15, 0.2) is 0 Å². The Kier molecular flexibility index (Phi) is 17.5. The smallest absolute Gasteiger partial charge is 0.320 e. The number of esters is 2. The summed E-state index contributed by atoms with van der Waals surface area (Å²) in [4.78, 5) is 27.4. The highest BCUT2D eigenvalue weighted by atomic mass is 16.5. The SMILES string of the molecule is CCOC(=O)CN(CCOCCOCCOCCN=[N+]=[N-])CC(=O)OCC. The van der Waals surface area contributed by atoms with Crippen molar-refractivity contribution in [2.24, 2.45) is 5.11 Å². The highest BCUT2D eigenvalue weighted by Crippen LogP contribution is 1.94. The van der Waals surface area contributed by atoms with Crippen LogP contribution < -0.4 is 0 Å². The highest BCUT2D eigenvalue weighted by Gasteiger charge is 2.15. The molecule has 156 valence electrons. The van der Waals surface area contributed by atoms with Crippen LogP contribution in [-0.2, 0) is 33.3 Å². The first-order valence-electron chi connectivity index (χ1n) is 8.91. The van der Waals surface area contributed by atoms with E-state index in [1.807, 2.05) is 0 Å². The lowest BCUT2D eigenvalue weighted by atomic mass is 10.4. The second-order valence-corrected chi connectivity index (χ2v) is 5.11. The van der Waals surface area contributed by atoms with Crippen LogP contribution in [0.5, 0.6) is 0 Å². The summed E-state index contributed by atoms with van der Waals surface area (Å²) in [6, 6.07) is 0. The molecule has 0 N–H and O–H groups in total. The molecule has 0 aliphatic heterocycles. The van der Waals surface area contributed by atoms with E-state index < -0.39 is 11.9 Å². The number of ether oxygens (including phenoxy) is 5. The van der Waals surface area contributed by atoms with Crippen molar-refractivity contribution in [2.45, 2.75) is 13.8 Å². The molecule has 11 nitrogen and oxygen atoms in total. The molecule has 0 aromatic carbocycles. The molecule has 0 amide bonds. The standard InChI is InChI=1S/C16H30N4O7/c1-3-26-15(21)13-20(14-16(22)27-4-2)6-8-24-10-12-25-11-9-23-7-5-18-19-17/h3-14H2,1-2H3. The van der Waals surface area contributed by atoms with Gasteiger partial charge >= 0.3 is 11.9 Å². The largest absolute Gasteiger partial charge is 0.465 e. The number of nitrogens with zero attached hydrogens (tertiary/aromatic N) is 4. The van der Waals surface area contributed by atoms with Crippen LogP contribution in [-0.4, -0.2) is 95.9 Å². The summed E-state index contributed by atoms with van der Waals surface area (Å²) >= 11 is 0. The van der Waals surface area contributed by atoms with Gasteiger partial charge in [-0.2, -0.15) is 0 Å². The Morgan fingerprint density at radius 1 is 0.852 bits per heavy atom. The molecule has 27 heavy (non-hydrogen) atoms. The first-order valence-corrected chi connectivity index (χ1v) is 8.91. The number of carbonyl (C=O) groups is 2. The van der Waals surface area contributed by atoms with Crippen molar-refractivity contribution in [2.75, 3.05) is 79.0 Å². The molecule has 0 aromatic rings. The van der Waals surface area contributed by atoms with E-state index in [1.54, 1.807) is 18.7 Å². The van der Waals surface area contributed by atoms with Gasteiger partial charge in [-0.25, -0.2) is 0 Å². The van der Waals surface area contributed by atoms with Crippen LogP contribution in [0.1, 0.15) is 13.8 Å². The van der Waals surface area contributed by atoms with Gasteiger partial charge in [0.25, 0.3) is 0 Å². The molecule has 11 heteroatoms. The van der Waals surface area contributed by atoms with E-state index in [0.717, 1.165) is 0 Å². The minimum Gasteiger partial charge on any atom is -0.465 e. The van der Waals surface area contributed by atoms with Crippen molar-refractivity contribution < 1.29 is 33.3 Å². The Bertz CT molecular complexity index is 424. The maximum atomic E-state index is 11.6. The zero-order chi connectivity index (χ0) is 20.2.